The van der Waals surface area contributed by atoms with Crippen LogP contribution in [0.2, 0.25) is 0 Å². The van der Waals surface area contributed by atoms with Crippen molar-refractivity contribution in [3.63, 3.8) is 0 Å². The normalized spacial score (nSPS) is 18.9. The van der Waals surface area contributed by atoms with Crippen LogP contribution >= 0.6 is 11.8 Å². The molecule has 1 atom stereocenters. The minimum absolute atomic E-state index is 0.340. The minimum Gasteiger partial charge on any atom is -0.461 e. The van der Waals surface area contributed by atoms with Crippen molar-refractivity contribution in [1.29, 1.82) is 0 Å². The summed E-state index contributed by atoms with van der Waals surface area (Å²) >= 11 is 0.854. The number of amides is 2. The van der Waals surface area contributed by atoms with E-state index in [2.05, 4.69) is 5.32 Å². The molecule has 6 heteroatoms. The molecule has 2 rings (SSSR count). The summed E-state index contributed by atoms with van der Waals surface area (Å²) < 4.78 is 17.4. The molecule has 94 valence electrons. The average molecular weight is 267 g/mol. The Morgan fingerprint density at radius 2 is 2.00 bits per heavy atom. The van der Waals surface area contributed by atoms with Gasteiger partial charge in [0.25, 0.3) is 11.1 Å². The predicted molar refractivity (Wildman–Crippen MR) is 66.7 cm³/mol. The summed E-state index contributed by atoms with van der Waals surface area (Å²) in [5, 5.41) is 1.79. The maximum atomic E-state index is 12.6. The fourth-order valence-corrected chi connectivity index (χ4v) is 2.08. The molecule has 1 aromatic carbocycles. The van der Waals surface area contributed by atoms with Crippen LogP contribution < -0.4 is 10.1 Å². The van der Waals surface area contributed by atoms with Gasteiger partial charge in [-0.15, -0.1) is 0 Å². The topological polar surface area (TPSA) is 55.4 Å². The van der Waals surface area contributed by atoms with Gasteiger partial charge in [-0.3, -0.25) is 14.9 Å². The molecule has 4 nitrogen and oxygen atoms in total. The summed E-state index contributed by atoms with van der Waals surface area (Å²) in [7, 11) is 0. The van der Waals surface area contributed by atoms with E-state index in [1.54, 1.807) is 30.3 Å². The second-order valence-corrected chi connectivity index (χ2v) is 4.60. The Bertz CT molecular complexity index is 511. The monoisotopic (exact) mass is 267 g/mol. The molecule has 1 N–H and O–H groups in total. The summed E-state index contributed by atoms with van der Waals surface area (Å²) in [5.74, 6) is 0.00876. The molecule has 1 aliphatic rings. The second kappa shape index (κ2) is 5.22. The van der Waals surface area contributed by atoms with Gasteiger partial charge in [-0.1, -0.05) is 12.1 Å². The number of carbonyl (C=O) groups excluding carboxylic acids is 2. The van der Waals surface area contributed by atoms with Gasteiger partial charge in [-0.2, -0.15) is 0 Å². The van der Waals surface area contributed by atoms with Crippen molar-refractivity contribution in [3.8, 4) is 5.75 Å². The zero-order chi connectivity index (χ0) is 13.1. The largest absolute Gasteiger partial charge is 0.461 e. The van der Waals surface area contributed by atoms with Crippen LogP contribution in [-0.4, -0.2) is 17.5 Å². The summed E-state index contributed by atoms with van der Waals surface area (Å²) in [6.45, 7) is 1.29. The number of benzene rings is 1. The molecule has 0 saturated carbocycles. The van der Waals surface area contributed by atoms with E-state index < -0.39 is 12.3 Å². The van der Waals surface area contributed by atoms with Gasteiger partial charge in [0.2, 0.25) is 6.36 Å². The molecule has 1 heterocycles. The molecule has 2 amide bonds. The SMILES string of the molecule is CC(F)Oc1ccc(C=C2SC(=O)NC2=O)cc1. The lowest BCUT2D eigenvalue weighted by Gasteiger charge is -2.06. The minimum atomic E-state index is -1.37. The first-order valence-corrected chi connectivity index (χ1v) is 6.02. The Hall–Kier alpha value is -1.82. The smallest absolute Gasteiger partial charge is 0.290 e. The van der Waals surface area contributed by atoms with Crippen LogP contribution in [0.15, 0.2) is 29.2 Å². The maximum Gasteiger partial charge on any atom is 0.290 e. The highest BCUT2D eigenvalue weighted by molar-refractivity contribution is 8.18. The zero-order valence-electron chi connectivity index (χ0n) is 9.48. The summed E-state index contributed by atoms with van der Waals surface area (Å²) in [5.41, 5.74) is 0.737. The summed E-state index contributed by atoms with van der Waals surface area (Å²) in [4.78, 5) is 22.6. The van der Waals surface area contributed by atoms with Gasteiger partial charge in [0.05, 0.1) is 4.91 Å². The van der Waals surface area contributed by atoms with Gasteiger partial charge in [0.15, 0.2) is 0 Å². The molecular weight excluding hydrogens is 257 g/mol. The van der Waals surface area contributed by atoms with E-state index in [1.165, 1.54) is 6.92 Å². The van der Waals surface area contributed by atoms with Gasteiger partial charge in [-0.05, 0) is 35.5 Å². The first-order valence-electron chi connectivity index (χ1n) is 5.20. The highest BCUT2D eigenvalue weighted by Gasteiger charge is 2.24. The van der Waals surface area contributed by atoms with Gasteiger partial charge < -0.3 is 4.74 Å². The third-order valence-electron chi connectivity index (χ3n) is 2.12. The van der Waals surface area contributed by atoms with E-state index in [4.69, 9.17) is 4.74 Å². The highest BCUT2D eigenvalue weighted by Crippen LogP contribution is 2.26. The molecule has 0 spiro atoms. The lowest BCUT2D eigenvalue weighted by molar-refractivity contribution is -0.115. The fraction of sp³-hybridized carbons (Fsp3) is 0.167. The van der Waals surface area contributed by atoms with E-state index in [9.17, 15) is 14.0 Å². The average Bonchev–Trinajstić information content (AvgIpc) is 2.59. The first-order chi connectivity index (χ1) is 8.54. The van der Waals surface area contributed by atoms with Crippen molar-refractivity contribution < 1.29 is 18.7 Å². The predicted octanol–water partition coefficient (Wildman–Crippen LogP) is 2.70. The van der Waals surface area contributed by atoms with Crippen LogP contribution in [0, 0.1) is 0 Å². The van der Waals surface area contributed by atoms with E-state index in [0.717, 1.165) is 17.3 Å². The Balaban J connectivity index is 2.13. The Morgan fingerprint density at radius 1 is 1.33 bits per heavy atom. The fourth-order valence-electron chi connectivity index (χ4n) is 1.40. The quantitative estimate of drug-likeness (QED) is 0.855. The number of hydrogen-bond acceptors (Lipinski definition) is 4. The van der Waals surface area contributed by atoms with E-state index in [1.807, 2.05) is 0 Å². The lowest BCUT2D eigenvalue weighted by atomic mass is 10.2. The van der Waals surface area contributed by atoms with Crippen LogP contribution in [-0.2, 0) is 4.79 Å². The van der Waals surface area contributed by atoms with Gasteiger partial charge in [0, 0.05) is 6.92 Å². The Morgan fingerprint density at radius 3 is 2.50 bits per heavy atom. The van der Waals surface area contributed by atoms with Crippen LogP contribution in [0.1, 0.15) is 12.5 Å². The molecular formula is C12H10FNO3S. The van der Waals surface area contributed by atoms with Crippen molar-refractivity contribution in [3.05, 3.63) is 34.7 Å². The Kier molecular flexibility index (Phi) is 3.66. The van der Waals surface area contributed by atoms with Crippen molar-refractivity contribution in [2.24, 2.45) is 0 Å². The number of rotatable bonds is 3. The highest BCUT2D eigenvalue weighted by atomic mass is 32.2. The summed E-state index contributed by atoms with van der Waals surface area (Å²) in [6, 6.07) is 6.56. The third kappa shape index (κ3) is 3.10. The van der Waals surface area contributed by atoms with E-state index >= 15 is 0 Å². The van der Waals surface area contributed by atoms with Crippen LogP contribution in [0.3, 0.4) is 0 Å². The van der Waals surface area contributed by atoms with Crippen molar-refractivity contribution in [2.45, 2.75) is 13.3 Å². The molecule has 1 aromatic rings. The second-order valence-electron chi connectivity index (χ2n) is 3.58. The number of alkyl halides is 1. The molecule has 0 aromatic heterocycles. The third-order valence-corrected chi connectivity index (χ3v) is 2.93. The molecule has 0 bridgehead atoms. The van der Waals surface area contributed by atoms with Crippen molar-refractivity contribution in [1.82, 2.24) is 5.32 Å². The summed E-state index contributed by atoms with van der Waals surface area (Å²) in [6.07, 6.45) is 0.219. The van der Waals surface area contributed by atoms with Gasteiger partial charge in [0.1, 0.15) is 5.75 Å². The zero-order valence-corrected chi connectivity index (χ0v) is 10.3. The molecule has 1 unspecified atom stereocenters. The van der Waals surface area contributed by atoms with E-state index in [-0.39, 0.29) is 5.24 Å². The number of hydrogen-bond donors (Lipinski definition) is 1. The van der Waals surface area contributed by atoms with Gasteiger partial charge >= 0.3 is 0 Å². The van der Waals surface area contributed by atoms with E-state index in [0.29, 0.717) is 10.7 Å². The number of ether oxygens (including phenoxy) is 1. The molecule has 0 aliphatic carbocycles. The molecule has 0 radical (unpaired) electrons. The maximum absolute atomic E-state index is 12.6. The lowest BCUT2D eigenvalue weighted by Crippen LogP contribution is -2.17. The van der Waals surface area contributed by atoms with Crippen LogP contribution in [0.4, 0.5) is 9.18 Å². The number of halogens is 1. The first kappa shape index (κ1) is 12.6. The standard InChI is InChI=1S/C12H10FNO3S/c1-7(13)17-9-4-2-8(3-5-9)6-10-11(15)14-12(16)18-10/h2-7H,1H3,(H,14,15,16). The number of nitrogens with one attached hydrogen (secondary N) is 1. The number of thioether (sulfide) groups is 1. The number of imide groups is 1. The van der Waals surface area contributed by atoms with Crippen LogP contribution in [0.5, 0.6) is 5.75 Å². The molecule has 1 saturated heterocycles. The number of carbonyl (C=O) groups is 2. The molecule has 1 fully saturated rings. The Labute approximate surface area is 107 Å². The van der Waals surface area contributed by atoms with Crippen LogP contribution in [0.25, 0.3) is 6.08 Å². The van der Waals surface area contributed by atoms with Gasteiger partial charge in [-0.25, -0.2) is 4.39 Å². The molecule has 18 heavy (non-hydrogen) atoms. The van der Waals surface area contributed by atoms with Crippen molar-refractivity contribution >= 4 is 29.0 Å². The molecule has 1 aliphatic heterocycles. The van der Waals surface area contributed by atoms with Crippen molar-refractivity contribution in [2.75, 3.05) is 0 Å².